The number of rotatable bonds is 5. The fraction of sp³-hybridized carbons (Fsp3) is 0.333. The van der Waals surface area contributed by atoms with Crippen LogP contribution in [-0.4, -0.2) is 10.9 Å². The predicted octanol–water partition coefficient (Wildman–Crippen LogP) is 5.20. The molecule has 1 aromatic carbocycles. The van der Waals surface area contributed by atoms with Gasteiger partial charge < -0.3 is 0 Å². The van der Waals surface area contributed by atoms with Crippen molar-refractivity contribution in [1.29, 1.82) is 0 Å². The molecule has 0 bridgehead atoms. The van der Waals surface area contributed by atoms with Crippen LogP contribution in [0.1, 0.15) is 24.3 Å². The Hall–Kier alpha value is -0.780. The van der Waals surface area contributed by atoms with Gasteiger partial charge >= 0.3 is 0 Å². The summed E-state index contributed by atoms with van der Waals surface area (Å²) in [6, 6.07) is 6.92. The zero-order valence-corrected chi connectivity index (χ0v) is 13.8. The van der Waals surface area contributed by atoms with Crippen molar-refractivity contribution in [2.24, 2.45) is 0 Å². The highest BCUT2D eigenvalue weighted by molar-refractivity contribution is 9.10. The van der Waals surface area contributed by atoms with Gasteiger partial charge in [0.2, 0.25) is 0 Å². The van der Waals surface area contributed by atoms with E-state index in [0.717, 1.165) is 0 Å². The van der Waals surface area contributed by atoms with E-state index in [9.17, 15) is 8.78 Å². The Kier molecular flexibility index (Phi) is 5.29. The third kappa shape index (κ3) is 3.65. The van der Waals surface area contributed by atoms with Crippen molar-refractivity contribution < 1.29 is 8.78 Å². The highest BCUT2D eigenvalue weighted by Crippen LogP contribution is 2.24. The van der Waals surface area contributed by atoms with Gasteiger partial charge in [0.05, 0.1) is 4.47 Å². The Balaban J connectivity index is 2.22. The number of benzene rings is 1. The molecule has 0 radical (unpaired) electrons. The molecule has 2 aromatic rings. The van der Waals surface area contributed by atoms with Crippen LogP contribution >= 0.6 is 27.3 Å². The molecule has 0 saturated heterocycles. The van der Waals surface area contributed by atoms with E-state index < -0.39 is 11.6 Å². The van der Waals surface area contributed by atoms with Gasteiger partial charge in [-0.2, -0.15) is 0 Å². The van der Waals surface area contributed by atoms with Crippen LogP contribution in [0.25, 0.3) is 0 Å². The van der Waals surface area contributed by atoms with Crippen molar-refractivity contribution >= 4 is 27.3 Å². The third-order valence-corrected chi connectivity index (χ3v) is 4.64. The van der Waals surface area contributed by atoms with Crippen molar-refractivity contribution in [3.63, 3.8) is 0 Å². The van der Waals surface area contributed by atoms with Gasteiger partial charge in [0.15, 0.2) is 0 Å². The lowest BCUT2D eigenvalue weighted by Crippen LogP contribution is -2.30. The molecule has 0 aliphatic rings. The number of hydrogen-bond donors (Lipinski definition) is 0. The first-order valence-electron chi connectivity index (χ1n) is 6.38. The van der Waals surface area contributed by atoms with Crippen molar-refractivity contribution in [3.8, 4) is 0 Å². The van der Waals surface area contributed by atoms with Gasteiger partial charge in [-0.3, -0.25) is 4.90 Å². The molecule has 1 heterocycles. The molecular weight excluding hydrogens is 344 g/mol. The molecule has 5 heteroatoms. The van der Waals surface area contributed by atoms with Gasteiger partial charge in [-0.15, -0.1) is 11.3 Å². The lowest BCUT2D eigenvalue weighted by Gasteiger charge is -2.26. The van der Waals surface area contributed by atoms with Gasteiger partial charge in [0.25, 0.3) is 0 Å². The summed E-state index contributed by atoms with van der Waals surface area (Å²) in [5.41, 5.74) is 0.115. The summed E-state index contributed by atoms with van der Waals surface area (Å²) >= 11 is 4.76. The van der Waals surface area contributed by atoms with E-state index in [-0.39, 0.29) is 18.2 Å². The van der Waals surface area contributed by atoms with Crippen LogP contribution in [0.4, 0.5) is 8.78 Å². The zero-order chi connectivity index (χ0) is 14.7. The van der Waals surface area contributed by atoms with Gasteiger partial charge in [-0.25, -0.2) is 8.78 Å². The average molecular weight is 360 g/mol. The lowest BCUT2D eigenvalue weighted by atomic mass is 10.1. The number of hydrogen-bond acceptors (Lipinski definition) is 2. The van der Waals surface area contributed by atoms with Crippen molar-refractivity contribution in [2.75, 3.05) is 0 Å². The standard InChI is InChI=1S/C15H16BrF2NS/c1-10(2)19(8-11-4-3-7-20-11)9-12-14(17)6-5-13(16)15(12)18/h3-7,10H,8-9H2,1-2H3. The maximum Gasteiger partial charge on any atom is 0.144 e. The normalized spacial score (nSPS) is 11.6. The number of thiophene rings is 1. The summed E-state index contributed by atoms with van der Waals surface area (Å²) in [4.78, 5) is 3.24. The third-order valence-electron chi connectivity index (χ3n) is 3.17. The molecule has 20 heavy (non-hydrogen) atoms. The van der Waals surface area contributed by atoms with E-state index in [1.165, 1.54) is 17.0 Å². The minimum absolute atomic E-state index is 0.115. The largest absolute Gasteiger partial charge is 0.291 e. The minimum Gasteiger partial charge on any atom is -0.291 e. The van der Waals surface area contributed by atoms with E-state index in [4.69, 9.17) is 0 Å². The second kappa shape index (κ2) is 6.78. The lowest BCUT2D eigenvalue weighted by molar-refractivity contribution is 0.200. The fourth-order valence-electron chi connectivity index (χ4n) is 1.94. The maximum absolute atomic E-state index is 14.1. The molecular formula is C15H16BrF2NS. The van der Waals surface area contributed by atoms with Crippen molar-refractivity contribution in [3.05, 3.63) is 56.2 Å². The molecule has 0 atom stereocenters. The highest BCUT2D eigenvalue weighted by atomic mass is 79.9. The topological polar surface area (TPSA) is 3.24 Å². The summed E-state index contributed by atoms with van der Waals surface area (Å²) in [6.45, 7) is 5.01. The summed E-state index contributed by atoms with van der Waals surface area (Å²) in [6.07, 6.45) is 0. The summed E-state index contributed by atoms with van der Waals surface area (Å²) in [7, 11) is 0. The van der Waals surface area contributed by atoms with Gasteiger partial charge in [0, 0.05) is 29.6 Å². The molecule has 0 aliphatic carbocycles. The molecule has 0 amide bonds. The van der Waals surface area contributed by atoms with E-state index in [1.54, 1.807) is 11.3 Å². The number of nitrogens with zero attached hydrogens (tertiary/aromatic N) is 1. The van der Waals surface area contributed by atoms with Crippen LogP contribution in [0.5, 0.6) is 0 Å². The molecule has 0 spiro atoms. The predicted molar refractivity (Wildman–Crippen MR) is 82.8 cm³/mol. The maximum atomic E-state index is 14.1. The highest BCUT2D eigenvalue weighted by Gasteiger charge is 2.18. The van der Waals surface area contributed by atoms with E-state index >= 15 is 0 Å². The molecule has 2 rings (SSSR count). The summed E-state index contributed by atoms with van der Waals surface area (Å²) < 4.78 is 28.2. The molecule has 1 aromatic heterocycles. The Morgan fingerprint density at radius 2 is 1.95 bits per heavy atom. The van der Waals surface area contributed by atoms with Crippen molar-refractivity contribution in [1.82, 2.24) is 4.90 Å². The van der Waals surface area contributed by atoms with Crippen LogP contribution in [0.3, 0.4) is 0 Å². The Morgan fingerprint density at radius 1 is 1.20 bits per heavy atom. The van der Waals surface area contributed by atoms with Gasteiger partial charge in [0.1, 0.15) is 11.6 Å². The molecule has 0 N–H and O–H groups in total. The molecule has 1 nitrogen and oxygen atoms in total. The Morgan fingerprint density at radius 3 is 2.55 bits per heavy atom. The SMILES string of the molecule is CC(C)N(Cc1cccs1)Cc1c(F)ccc(Br)c1F. The van der Waals surface area contributed by atoms with Crippen LogP contribution in [0.2, 0.25) is 0 Å². The van der Waals surface area contributed by atoms with E-state index in [2.05, 4.69) is 20.8 Å². The quantitative estimate of drug-likeness (QED) is 0.663. The molecule has 0 fully saturated rings. The Labute approximate surface area is 130 Å². The first kappa shape index (κ1) is 15.6. The van der Waals surface area contributed by atoms with Crippen LogP contribution < -0.4 is 0 Å². The second-order valence-corrected chi connectivity index (χ2v) is 6.79. The first-order valence-corrected chi connectivity index (χ1v) is 8.05. The van der Waals surface area contributed by atoms with Gasteiger partial charge in [-0.1, -0.05) is 6.07 Å². The molecule has 0 saturated carbocycles. The molecule has 108 valence electrons. The summed E-state index contributed by atoms with van der Waals surface area (Å²) in [5, 5.41) is 2.01. The number of halogens is 3. The monoisotopic (exact) mass is 359 g/mol. The second-order valence-electron chi connectivity index (χ2n) is 4.90. The van der Waals surface area contributed by atoms with E-state index in [1.807, 2.05) is 31.4 Å². The van der Waals surface area contributed by atoms with Crippen LogP contribution in [0.15, 0.2) is 34.1 Å². The smallest absolute Gasteiger partial charge is 0.144 e. The average Bonchev–Trinajstić information content (AvgIpc) is 2.90. The van der Waals surface area contributed by atoms with Crippen LogP contribution in [-0.2, 0) is 13.1 Å². The zero-order valence-electron chi connectivity index (χ0n) is 11.4. The van der Waals surface area contributed by atoms with E-state index in [0.29, 0.717) is 11.0 Å². The Bertz CT molecular complexity index is 570. The fourth-order valence-corrected chi connectivity index (χ4v) is 3.04. The van der Waals surface area contributed by atoms with Crippen LogP contribution in [0, 0.1) is 11.6 Å². The molecule has 0 aliphatic heterocycles. The van der Waals surface area contributed by atoms with Gasteiger partial charge in [-0.05, 0) is 53.4 Å². The molecule has 0 unspecified atom stereocenters. The summed E-state index contributed by atoms with van der Waals surface area (Å²) in [5.74, 6) is -1.01. The van der Waals surface area contributed by atoms with Crippen molar-refractivity contribution in [2.45, 2.75) is 33.0 Å². The first-order chi connectivity index (χ1) is 9.49. The minimum atomic E-state index is -0.512.